The van der Waals surface area contributed by atoms with Crippen LogP contribution >= 0.6 is 0 Å². The number of benzene rings is 3. The van der Waals surface area contributed by atoms with Gasteiger partial charge in [-0.15, -0.1) is 0 Å². The molecule has 0 aliphatic heterocycles. The molecule has 0 aliphatic carbocycles. The van der Waals surface area contributed by atoms with Gasteiger partial charge < -0.3 is 24.4 Å². The average molecular weight is 463 g/mol. The van der Waals surface area contributed by atoms with Crippen molar-refractivity contribution in [3.05, 3.63) is 96.1 Å². The zero-order chi connectivity index (χ0) is 24.2. The van der Waals surface area contributed by atoms with E-state index in [1.54, 1.807) is 31.3 Å². The zero-order valence-corrected chi connectivity index (χ0v) is 19.5. The van der Waals surface area contributed by atoms with Crippen LogP contribution < -0.4 is 14.8 Å². The van der Waals surface area contributed by atoms with Crippen LogP contribution in [0.1, 0.15) is 17.2 Å². The Labute approximate surface area is 200 Å². The summed E-state index contributed by atoms with van der Waals surface area (Å²) >= 11 is 0. The third-order valence-corrected chi connectivity index (χ3v) is 5.22. The molecule has 0 saturated heterocycles. The standard InChI is InChI=1S/C27H30N2O5/c1-32-18-17-28-27(31)26(22-9-5-3-6-10-22)29(19-21-13-15-23(33-2)16-14-21)25(30)20-34-24-11-7-4-8-12-24/h3-16,26H,17-20H2,1-2H3,(H,28,31). The Morgan fingerprint density at radius 2 is 1.50 bits per heavy atom. The van der Waals surface area contributed by atoms with Gasteiger partial charge in [0.05, 0.1) is 13.7 Å². The predicted molar refractivity (Wildman–Crippen MR) is 130 cm³/mol. The highest BCUT2D eigenvalue weighted by Crippen LogP contribution is 2.25. The van der Waals surface area contributed by atoms with Gasteiger partial charge in [-0.3, -0.25) is 9.59 Å². The summed E-state index contributed by atoms with van der Waals surface area (Å²) in [5.41, 5.74) is 1.57. The molecule has 1 N–H and O–H groups in total. The largest absolute Gasteiger partial charge is 0.497 e. The zero-order valence-electron chi connectivity index (χ0n) is 19.5. The number of ether oxygens (including phenoxy) is 3. The van der Waals surface area contributed by atoms with Crippen LogP contribution in [0.15, 0.2) is 84.9 Å². The van der Waals surface area contributed by atoms with E-state index in [-0.39, 0.29) is 25.0 Å². The van der Waals surface area contributed by atoms with Crippen molar-refractivity contribution in [3.63, 3.8) is 0 Å². The molecule has 0 saturated carbocycles. The van der Waals surface area contributed by atoms with Gasteiger partial charge in [-0.05, 0) is 35.4 Å². The molecular formula is C27H30N2O5. The van der Waals surface area contributed by atoms with E-state index in [1.807, 2.05) is 72.8 Å². The highest BCUT2D eigenvalue weighted by Gasteiger charge is 2.31. The summed E-state index contributed by atoms with van der Waals surface area (Å²) in [5, 5.41) is 2.88. The van der Waals surface area contributed by atoms with E-state index in [4.69, 9.17) is 14.2 Å². The lowest BCUT2D eigenvalue weighted by molar-refractivity contribution is -0.143. The second-order valence-electron chi connectivity index (χ2n) is 7.57. The molecule has 3 rings (SSSR count). The summed E-state index contributed by atoms with van der Waals surface area (Å²) in [6.45, 7) is 0.730. The first-order chi connectivity index (χ1) is 16.6. The second-order valence-corrected chi connectivity index (χ2v) is 7.57. The molecule has 34 heavy (non-hydrogen) atoms. The van der Waals surface area contributed by atoms with Crippen molar-refractivity contribution in [2.75, 3.05) is 34.0 Å². The second kappa shape index (κ2) is 13.0. The Bertz CT molecular complexity index is 1030. The minimum Gasteiger partial charge on any atom is -0.497 e. The molecule has 3 aromatic carbocycles. The molecular weight excluding hydrogens is 432 g/mol. The fourth-order valence-electron chi connectivity index (χ4n) is 3.48. The maximum absolute atomic E-state index is 13.5. The Kier molecular flexibility index (Phi) is 9.49. The van der Waals surface area contributed by atoms with E-state index in [0.717, 1.165) is 5.56 Å². The third kappa shape index (κ3) is 7.08. The number of nitrogens with one attached hydrogen (secondary N) is 1. The van der Waals surface area contributed by atoms with Crippen molar-refractivity contribution in [2.45, 2.75) is 12.6 Å². The molecule has 0 bridgehead atoms. The summed E-state index contributed by atoms with van der Waals surface area (Å²) < 4.78 is 16.0. The number of carbonyl (C=O) groups excluding carboxylic acids is 2. The molecule has 0 aliphatic rings. The summed E-state index contributed by atoms with van der Waals surface area (Å²) in [4.78, 5) is 28.3. The van der Waals surface area contributed by atoms with Crippen LogP contribution in [0.5, 0.6) is 11.5 Å². The number of carbonyl (C=O) groups is 2. The van der Waals surface area contributed by atoms with Crippen LogP contribution in [-0.2, 0) is 20.9 Å². The molecule has 0 radical (unpaired) electrons. The molecule has 2 amide bonds. The lowest BCUT2D eigenvalue weighted by Crippen LogP contribution is -2.45. The monoisotopic (exact) mass is 462 g/mol. The number of hydrogen-bond acceptors (Lipinski definition) is 5. The van der Waals surface area contributed by atoms with Crippen molar-refractivity contribution in [1.82, 2.24) is 10.2 Å². The van der Waals surface area contributed by atoms with Gasteiger partial charge in [-0.25, -0.2) is 0 Å². The van der Waals surface area contributed by atoms with Crippen molar-refractivity contribution in [2.24, 2.45) is 0 Å². The molecule has 7 nitrogen and oxygen atoms in total. The van der Waals surface area contributed by atoms with Crippen LogP contribution in [0.25, 0.3) is 0 Å². The van der Waals surface area contributed by atoms with Gasteiger partial charge in [0.1, 0.15) is 17.5 Å². The van der Waals surface area contributed by atoms with Crippen molar-refractivity contribution < 1.29 is 23.8 Å². The van der Waals surface area contributed by atoms with Gasteiger partial charge in [0.15, 0.2) is 6.61 Å². The van der Waals surface area contributed by atoms with Gasteiger partial charge in [0.2, 0.25) is 5.91 Å². The van der Waals surface area contributed by atoms with Crippen LogP contribution in [0, 0.1) is 0 Å². The highest BCUT2D eigenvalue weighted by atomic mass is 16.5. The SMILES string of the molecule is COCCNC(=O)C(c1ccccc1)N(Cc1ccc(OC)cc1)C(=O)COc1ccccc1. The number of nitrogens with zero attached hydrogens (tertiary/aromatic N) is 1. The minimum atomic E-state index is -0.841. The minimum absolute atomic E-state index is 0.200. The predicted octanol–water partition coefficient (Wildman–Crippen LogP) is 3.61. The number of amides is 2. The van der Waals surface area contributed by atoms with E-state index in [2.05, 4.69) is 5.32 Å². The molecule has 0 heterocycles. The van der Waals surface area contributed by atoms with Gasteiger partial charge in [-0.1, -0.05) is 60.7 Å². The summed E-state index contributed by atoms with van der Waals surface area (Å²) in [5.74, 6) is 0.701. The summed E-state index contributed by atoms with van der Waals surface area (Å²) in [7, 11) is 3.17. The Balaban J connectivity index is 1.90. The molecule has 3 aromatic rings. The Morgan fingerprint density at radius 3 is 2.12 bits per heavy atom. The fourth-order valence-corrected chi connectivity index (χ4v) is 3.48. The van der Waals surface area contributed by atoms with E-state index >= 15 is 0 Å². The van der Waals surface area contributed by atoms with Crippen LogP contribution in [0.4, 0.5) is 0 Å². The Morgan fingerprint density at radius 1 is 0.853 bits per heavy atom. The van der Waals surface area contributed by atoms with Gasteiger partial charge in [0.25, 0.3) is 5.91 Å². The van der Waals surface area contributed by atoms with Crippen LogP contribution in [-0.4, -0.2) is 50.7 Å². The number of para-hydroxylation sites is 1. The maximum Gasteiger partial charge on any atom is 0.261 e. The third-order valence-electron chi connectivity index (χ3n) is 5.22. The lowest BCUT2D eigenvalue weighted by atomic mass is 10.0. The van der Waals surface area contributed by atoms with Gasteiger partial charge in [0, 0.05) is 20.2 Å². The molecule has 0 aromatic heterocycles. The van der Waals surface area contributed by atoms with Crippen molar-refractivity contribution in [1.29, 1.82) is 0 Å². The average Bonchev–Trinajstić information content (AvgIpc) is 2.88. The quantitative estimate of drug-likeness (QED) is 0.416. The van der Waals surface area contributed by atoms with E-state index in [0.29, 0.717) is 30.2 Å². The highest BCUT2D eigenvalue weighted by molar-refractivity contribution is 5.89. The molecule has 178 valence electrons. The topological polar surface area (TPSA) is 77.1 Å². The summed E-state index contributed by atoms with van der Waals surface area (Å²) in [6.07, 6.45) is 0. The molecule has 1 atom stereocenters. The molecule has 0 fully saturated rings. The lowest BCUT2D eigenvalue weighted by Gasteiger charge is -2.31. The first-order valence-electron chi connectivity index (χ1n) is 11.0. The molecule has 1 unspecified atom stereocenters. The first-order valence-corrected chi connectivity index (χ1v) is 11.0. The molecule has 7 heteroatoms. The van der Waals surface area contributed by atoms with Crippen molar-refractivity contribution >= 4 is 11.8 Å². The summed E-state index contributed by atoms with van der Waals surface area (Å²) in [6, 6.07) is 24.9. The van der Waals surface area contributed by atoms with Crippen LogP contribution in [0.2, 0.25) is 0 Å². The number of methoxy groups -OCH3 is 2. The maximum atomic E-state index is 13.5. The van der Waals surface area contributed by atoms with Crippen molar-refractivity contribution in [3.8, 4) is 11.5 Å². The smallest absolute Gasteiger partial charge is 0.261 e. The van der Waals surface area contributed by atoms with E-state index in [9.17, 15) is 9.59 Å². The van der Waals surface area contributed by atoms with Crippen LogP contribution in [0.3, 0.4) is 0 Å². The number of rotatable bonds is 12. The van der Waals surface area contributed by atoms with Gasteiger partial charge >= 0.3 is 0 Å². The Hall–Kier alpha value is -3.84. The van der Waals surface area contributed by atoms with Gasteiger partial charge in [-0.2, -0.15) is 0 Å². The fraction of sp³-hybridized carbons (Fsp3) is 0.259. The normalized spacial score (nSPS) is 11.4. The molecule has 0 spiro atoms. The van der Waals surface area contributed by atoms with E-state index in [1.165, 1.54) is 0 Å². The first kappa shape index (κ1) is 24.8. The van der Waals surface area contributed by atoms with E-state index < -0.39 is 6.04 Å². The number of hydrogen-bond donors (Lipinski definition) is 1.